The first-order valence-corrected chi connectivity index (χ1v) is 11.7. The zero-order valence-corrected chi connectivity index (χ0v) is 21.2. The second-order valence-electron chi connectivity index (χ2n) is 7.11. The molecule has 0 spiro atoms. The maximum absolute atomic E-state index is 12.3. The number of halogens is 2. The molecule has 0 atom stereocenters. The molecule has 3 rings (SSSR count). The van der Waals surface area contributed by atoms with E-state index in [9.17, 15) is 19.7 Å². The number of hydrogen-bond acceptors (Lipinski definition) is 7. The monoisotopic (exact) mass is 574 g/mol. The van der Waals surface area contributed by atoms with Crippen molar-refractivity contribution in [2.45, 2.75) is 6.92 Å². The molecule has 10 nitrogen and oxygen atoms in total. The number of nitro groups is 1. The smallest absolute Gasteiger partial charge is 0.271 e. The minimum Gasteiger partial charge on any atom is -0.490 e. The van der Waals surface area contributed by atoms with Crippen LogP contribution in [-0.4, -0.2) is 36.2 Å². The second-order valence-corrected chi connectivity index (χ2v) is 8.40. The molecule has 2 N–H and O–H groups in total. The molecule has 0 fully saturated rings. The van der Waals surface area contributed by atoms with Gasteiger partial charge in [-0.1, -0.05) is 17.7 Å². The lowest BCUT2D eigenvalue weighted by Gasteiger charge is -2.14. The predicted molar refractivity (Wildman–Crippen MR) is 139 cm³/mol. The van der Waals surface area contributed by atoms with E-state index in [1.165, 1.54) is 24.4 Å². The number of carbonyl (C=O) groups is 2. The van der Waals surface area contributed by atoms with Gasteiger partial charge in [0.25, 0.3) is 17.5 Å². The van der Waals surface area contributed by atoms with Crippen LogP contribution in [0.3, 0.4) is 0 Å². The van der Waals surface area contributed by atoms with Crippen molar-refractivity contribution in [3.8, 4) is 11.5 Å². The van der Waals surface area contributed by atoms with E-state index in [0.29, 0.717) is 38.9 Å². The molecule has 0 radical (unpaired) electrons. The second kappa shape index (κ2) is 12.7. The summed E-state index contributed by atoms with van der Waals surface area (Å²) in [6.45, 7) is 1.86. The molecule has 0 saturated carbocycles. The fraction of sp³-hybridized carbons (Fsp3) is 0.125. The van der Waals surface area contributed by atoms with E-state index in [4.69, 9.17) is 21.1 Å². The summed E-state index contributed by atoms with van der Waals surface area (Å²) in [7, 11) is 0. The van der Waals surface area contributed by atoms with Crippen molar-refractivity contribution in [2.75, 3.05) is 18.5 Å². The third-order valence-corrected chi connectivity index (χ3v) is 5.35. The van der Waals surface area contributed by atoms with Gasteiger partial charge in [0.05, 0.1) is 22.2 Å². The Kier molecular flexibility index (Phi) is 9.37. The molecule has 0 heterocycles. The van der Waals surface area contributed by atoms with Gasteiger partial charge in [0, 0.05) is 28.4 Å². The van der Waals surface area contributed by atoms with Crippen LogP contribution in [0.5, 0.6) is 11.5 Å². The zero-order valence-electron chi connectivity index (χ0n) is 18.9. The number of hydrogen-bond donors (Lipinski definition) is 2. The van der Waals surface area contributed by atoms with E-state index in [1.54, 1.807) is 43.3 Å². The normalized spacial score (nSPS) is 10.6. The van der Waals surface area contributed by atoms with Crippen molar-refractivity contribution >= 4 is 56.9 Å². The van der Waals surface area contributed by atoms with Gasteiger partial charge in [-0.05, 0) is 70.9 Å². The van der Waals surface area contributed by atoms with Gasteiger partial charge in [-0.3, -0.25) is 19.7 Å². The lowest BCUT2D eigenvalue weighted by atomic mass is 10.2. The number of hydrazone groups is 1. The Morgan fingerprint density at radius 2 is 1.89 bits per heavy atom. The third kappa shape index (κ3) is 7.52. The summed E-state index contributed by atoms with van der Waals surface area (Å²) in [5.74, 6) is -0.301. The summed E-state index contributed by atoms with van der Waals surface area (Å²) in [5.41, 5.74) is 3.36. The van der Waals surface area contributed by atoms with Crippen molar-refractivity contribution < 1.29 is 24.0 Å². The topological polar surface area (TPSA) is 132 Å². The van der Waals surface area contributed by atoms with E-state index in [0.717, 1.165) is 6.07 Å². The Morgan fingerprint density at radius 3 is 2.58 bits per heavy atom. The molecular formula is C24H20BrClN4O6. The molecule has 12 heteroatoms. The third-order valence-electron chi connectivity index (χ3n) is 4.51. The van der Waals surface area contributed by atoms with E-state index in [1.807, 2.05) is 0 Å². The number of benzene rings is 3. The van der Waals surface area contributed by atoms with Crippen molar-refractivity contribution in [2.24, 2.45) is 5.10 Å². The molecule has 186 valence electrons. The SMILES string of the molecule is CCOc1cc(/C=N/NC(=O)c2cccc([N+](=O)[O-])c2)cc(Br)c1OCC(=O)Nc1ccc(Cl)cc1. The summed E-state index contributed by atoms with van der Waals surface area (Å²) >= 11 is 9.26. The van der Waals surface area contributed by atoms with Crippen LogP contribution in [0.15, 0.2) is 70.2 Å². The highest BCUT2D eigenvalue weighted by atomic mass is 79.9. The summed E-state index contributed by atoms with van der Waals surface area (Å²) in [5, 5.41) is 18.1. The van der Waals surface area contributed by atoms with Crippen LogP contribution in [0.4, 0.5) is 11.4 Å². The average molecular weight is 576 g/mol. The van der Waals surface area contributed by atoms with Gasteiger partial charge in [-0.15, -0.1) is 0 Å². The van der Waals surface area contributed by atoms with Crippen LogP contribution in [0.1, 0.15) is 22.8 Å². The Labute approximate surface area is 219 Å². The highest BCUT2D eigenvalue weighted by molar-refractivity contribution is 9.10. The van der Waals surface area contributed by atoms with E-state index in [2.05, 4.69) is 31.8 Å². The summed E-state index contributed by atoms with van der Waals surface area (Å²) in [6.07, 6.45) is 1.37. The zero-order chi connectivity index (χ0) is 26.1. The Morgan fingerprint density at radius 1 is 1.14 bits per heavy atom. The number of rotatable bonds is 10. The van der Waals surface area contributed by atoms with E-state index >= 15 is 0 Å². The molecule has 36 heavy (non-hydrogen) atoms. The number of ether oxygens (including phenoxy) is 2. The van der Waals surface area contributed by atoms with E-state index in [-0.39, 0.29) is 23.8 Å². The van der Waals surface area contributed by atoms with Crippen LogP contribution in [-0.2, 0) is 4.79 Å². The highest BCUT2D eigenvalue weighted by Gasteiger charge is 2.15. The molecule has 0 unspecified atom stereocenters. The van der Waals surface area contributed by atoms with Crippen LogP contribution in [0, 0.1) is 10.1 Å². The quantitative estimate of drug-likeness (QED) is 0.194. The maximum atomic E-state index is 12.3. The number of non-ortho nitro benzene ring substituents is 1. The van der Waals surface area contributed by atoms with Crippen molar-refractivity contribution in [3.63, 3.8) is 0 Å². The highest BCUT2D eigenvalue weighted by Crippen LogP contribution is 2.36. The number of anilines is 1. The molecule has 3 aromatic carbocycles. The number of nitro benzene ring substituents is 1. The van der Waals surface area contributed by atoms with Gasteiger partial charge in [-0.25, -0.2) is 5.43 Å². The van der Waals surface area contributed by atoms with Gasteiger partial charge in [0.1, 0.15) is 0 Å². The van der Waals surface area contributed by atoms with Crippen LogP contribution < -0.4 is 20.2 Å². The number of carbonyl (C=O) groups excluding carboxylic acids is 2. The molecule has 3 aromatic rings. The first-order chi connectivity index (χ1) is 17.3. The van der Waals surface area contributed by atoms with Gasteiger partial charge in [-0.2, -0.15) is 5.10 Å². The largest absolute Gasteiger partial charge is 0.490 e. The lowest BCUT2D eigenvalue weighted by Crippen LogP contribution is -2.20. The minimum absolute atomic E-state index is 0.0955. The van der Waals surface area contributed by atoms with Gasteiger partial charge >= 0.3 is 0 Å². The molecule has 0 saturated heterocycles. The molecule has 0 aromatic heterocycles. The standard InChI is InChI=1S/C24H20BrClN4O6/c1-2-35-21-11-15(13-27-29-24(32)16-4-3-5-19(12-16)30(33)34)10-20(25)23(21)36-14-22(31)28-18-8-6-17(26)7-9-18/h3-13H,2,14H2,1H3,(H,28,31)(H,29,32)/b27-13+. The van der Waals surface area contributed by atoms with Crippen LogP contribution >= 0.6 is 27.5 Å². The molecule has 0 aliphatic heterocycles. The Balaban J connectivity index is 1.66. The maximum Gasteiger partial charge on any atom is 0.271 e. The number of nitrogens with one attached hydrogen (secondary N) is 2. The van der Waals surface area contributed by atoms with Gasteiger partial charge in [0.15, 0.2) is 18.1 Å². The summed E-state index contributed by atoms with van der Waals surface area (Å²) in [4.78, 5) is 34.8. The van der Waals surface area contributed by atoms with Crippen molar-refractivity contribution in [1.82, 2.24) is 5.43 Å². The number of amides is 2. The Hall–Kier alpha value is -3.96. The first kappa shape index (κ1) is 26.6. The van der Waals surface area contributed by atoms with Gasteiger partial charge < -0.3 is 14.8 Å². The molecule has 0 aliphatic carbocycles. The fourth-order valence-corrected chi connectivity index (χ4v) is 3.62. The van der Waals surface area contributed by atoms with Crippen molar-refractivity contribution in [3.05, 3.63) is 91.4 Å². The minimum atomic E-state index is -0.606. The fourth-order valence-electron chi connectivity index (χ4n) is 2.92. The average Bonchev–Trinajstić information content (AvgIpc) is 2.85. The van der Waals surface area contributed by atoms with E-state index < -0.39 is 10.8 Å². The lowest BCUT2D eigenvalue weighted by molar-refractivity contribution is -0.384. The van der Waals surface area contributed by atoms with Crippen LogP contribution in [0.25, 0.3) is 0 Å². The number of nitrogens with zero attached hydrogens (tertiary/aromatic N) is 2. The molecule has 0 aliphatic rings. The molecule has 0 bridgehead atoms. The molecular weight excluding hydrogens is 556 g/mol. The summed E-state index contributed by atoms with van der Waals surface area (Å²) < 4.78 is 11.8. The van der Waals surface area contributed by atoms with Crippen LogP contribution in [0.2, 0.25) is 5.02 Å². The predicted octanol–water partition coefficient (Wildman–Crippen LogP) is 5.19. The van der Waals surface area contributed by atoms with Crippen molar-refractivity contribution in [1.29, 1.82) is 0 Å². The Bertz CT molecular complexity index is 1300. The van der Waals surface area contributed by atoms with Gasteiger partial charge in [0.2, 0.25) is 0 Å². The first-order valence-electron chi connectivity index (χ1n) is 10.5. The molecule has 2 amide bonds. The summed E-state index contributed by atoms with van der Waals surface area (Å²) in [6, 6.07) is 15.3.